The number of hydrogen-bond acceptors (Lipinski definition) is 11. The first-order valence-electron chi connectivity index (χ1n) is 26.6. The van der Waals surface area contributed by atoms with Gasteiger partial charge >= 0.3 is 0 Å². The second-order valence-electron chi connectivity index (χ2n) is 14.7. The van der Waals surface area contributed by atoms with Gasteiger partial charge in [-0.25, -0.2) is 0 Å². The summed E-state index contributed by atoms with van der Waals surface area (Å²) in [5.41, 5.74) is 5.93. The van der Waals surface area contributed by atoms with E-state index >= 15 is 0 Å². The van der Waals surface area contributed by atoms with E-state index in [1.54, 1.807) is 65.3 Å². The fraction of sp³-hybridized carbons (Fsp3) is 0.365. The molecule has 0 saturated heterocycles. The van der Waals surface area contributed by atoms with Crippen LogP contribution in [0.15, 0.2) is 177 Å². The lowest BCUT2D eigenvalue weighted by Crippen LogP contribution is -1.80. The quantitative estimate of drug-likeness (QED) is 0.0818. The topological polar surface area (TPSA) is 65.7 Å². The first kappa shape index (κ1) is 67.3. The fourth-order valence-electron chi connectivity index (χ4n) is 6.34. The number of aryl methyl sites for hydroxylation is 3. The van der Waals surface area contributed by atoms with Crippen molar-refractivity contribution in [3.05, 3.63) is 174 Å². The largest absolute Gasteiger partial charge is 0.464 e. The molecule has 0 unspecified atom stereocenters. The van der Waals surface area contributed by atoms with Crippen LogP contribution in [0, 0.1) is 6.92 Å². The highest BCUT2D eigenvalue weighted by molar-refractivity contribution is 7.79. The van der Waals surface area contributed by atoms with Crippen molar-refractivity contribution in [2.24, 2.45) is 0 Å². The Hall–Kier alpha value is -4.75. The summed E-state index contributed by atoms with van der Waals surface area (Å²) in [5, 5.41) is 12.7. The zero-order valence-electron chi connectivity index (χ0n) is 46.6. The fourth-order valence-corrected chi connectivity index (χ4v) is 10.6. The number of rotatable bonds is 15. The second kappa shape index (κ2) is 44.5. The molecule has 0 saturated carbocycles. The zero-order valence-corrected chi connectivity index (χ0v) is 51.6. The summed E-state index contributed by atoms with van der Waals surface area (Å²) in [5.74, 6) is 5.59. The highest BCUT2D eigenvalue weighted by atomic mass is 32.1. The molecule has 0 amide bonds. The van der Waals surface area contributed by atoms with Crippen LogP contribution in [0.1, 0.15) is 148 Å². The number of hydrogen-bond donors (Lipinski definition) is 1. The highest BCUT2D eigenvalue weighted by Crippen LogP contribution is 2.30. The van der Waals surface area contributed by atoms with Crippen molar-refractivity contribution < 1.29 is 22.1 Å². The SMILES string of the molecule is CC.CC.CC.CC.CC.CCCCCCc1cc(-c2ccco2)cs1.CCCCCc1cc(-c2ccco2)cs1.Cc1cc(-c2ccco2)cs1.SCc1cc(-c2ccco2)cs1.c1coc(-c2ccsc2)c1. The third kappa shape index (κ3) is 26.1. The maximum atomic E-state index is 5.38. The van der Waals surface area contributed by atoms with Crippen molar-refractivity contribution in [1.82, 2.24) is 0 Å². The first-order valence-corrected chi connectivity index (χ1v) is 31.7. The lowest BCUT2D eigenvalue weighted by Gasteiger charge is -1.96. The zero-order chi connectivity index (χ0) is 54.6. The van der Waals surface area contributed by atoms with Gasteiger partial charge in [-0.1, -0.05) is 115 Å². The molecule has 0 N–H and O–H groups in total. The maximum absolute atomic E-state index is 5.38. The molecule has 404 valence electrons. The van der Waals surface area contributed by atoms with E-state index < -0.39 is 0 Å². The lowest BCUT2D eigenvalue weighted by atomic mass is 10.1. The van der Waals surface area contributed by atoms with Crippen LogP contribution in [-0.2, 0) is 18.6 Å². The molecule has 0 fully saturated rings. The van der Waals surface area contributed by atoms with Gasteiger partial charge in [-0.05, 0) is 129 Å². The minimum Gasteiger partial charge on any atom is -0.464 e. The van der Waals surface area contributed by atoms with Crippen LogP contribution in [0.25, 0.3) is 56.6 Å². The monoisotopic (exact) mass is 1110 g/mol. The van der Waals surface area contributed by atoms with E-state index in [0.29, 0.717) is 0 Å². The number of unbranched alkanes of at least 4 members (excludes halogenated alkanes) is 5. The van der Waals surface area contributed by atoms with Crippen LogP contribution >= 0.6 is 69.3 Å². The summed E-state index contributed by atoms with van der Waals surface area (Å²) in [7, 11) is 0. The molecule has 0 aliphatic carbocycles. The average molecular weight is 1120 g/mol. The van der Waals surface area contributed by atoms with Crippen LogP contribution in [-0.4, -0.2) is 0 Å². The second-order valence-corrected chi connectivity index (χ2v) is 19.9. The van der Waals surface area contributed by atoms with Crippen molar-refractivity contribution in [2.45, 2.75) is 154 Å². The van der Waals surface area contributed by atoms with E-state index in [0.717, 1.165) is 45.7 Å². The molecule has 11 heteroatoms. The van der Waals surface area contributed by atoms with Crippen molar-refractivity contribution in [3.8, 4) is 56.6 Å². The summed E-state index contributed by atoms with van der Waals surface area (Å²) in [6, 6.07) is 30.3. The molecular weight excluding hydrogens is 1030 g/mol. The van der Waals surface area contributed by atoms with E-state index in [1.165, 1.54) is 94.0 Å². The Morgan fingerprint density at radius 2 is 0.716 bits per heavy atom. The van der Waals surface area contributed by atoms with Crippen molar-refractivity contribution in [1.29, 1.82) is 0 Å². The van der Waals surface area contributed by atoms with Gasteiger partial charge in [-0.2, -0.15) is 24.0 Å². The Bertz CT molecular complexity index is 2570. The van der Waals surface area contributed by atoms with Gasteiger partial charge in [0.05, 0.1) is 31.3 Å². The van der Waals surface area contributed by atoms with Crippen LogP contribution in [0.5, 0.6) is 0 Å². The first-order chi connectivity index (χ1) is 36.5. The summed E-state index contributed by atoms with van der Waals surface area (Å²) >= 11 is 13.0. The van der Waals surface area contributed by atoms with Gasteiger partial charge in [-0.3, -0.25) is 0 Å². The Morgan fingerprint density at radius 1 is 0.378 bits per heavy atom. The van der Waals surface area contributed by atoms with Crippen molar-refractivity contribution in [3.63, 3.8) is 0 Å². The lowest BCUT2D eigenvalue weighted by molar-refractivity contribution is 0.582. The Balaban J connectivity index is 0.000000446. The molecule has 0 bridgehead atoms. The third-order valence-corrected chi connectivity index (χ3v) is 14.7. The van der Waals surface area contributed by atoms with Crippen LogP contribution in [0.4, 0.5) is 0 Å². The van der Waals surface area contributed by atoms with Gasteiger partial charge in [-0.15, -0.1) is 45.3 Å². The molecule has 0 aliphatic heterocycles. The predicted molar refractivity (Wildman–Crippen MR) is 335 cm³/mol. The van der Waals surface area contributed by atoms with Gasteiger partial charge in [0, 0.05) is 80.0 Å². The molecule has 74 heavy (non-hydrogen) atoms. The van der Waals surface area contributed by atoms with Gasteiger partial charge in [0.1, 0.15) is 28.8 Å². The smallest absolute Gasteiger partial charge is 0.134 e. The van der Waals surface area contributed by atoms with E-state index in [2.05, 4.69) is 84.6 Å². The van der Waals surface area contributed by atoms with Crippen LogP contribution in [0.3, 0.4) is 0 Å². The van der Waals surface area contributed by atoms with E-state index in [9.17, 15) is 0 Å². The minimum absolute atomic E-state index is 0.797. The molecular formula is C63H86O5S6. The summed E-state index contributed by atoms with van der Waals surface area (Å²) in [6.45, 7) is 26.6. The van der Waals surface area contributed by atoms with Gasteiger partial charge in [0.2, 0.25) is 0 Å². The van der Waals surface area contributed by atoms with Gasteiger partial charge in [0.15, 0.2) is 0 Å². The number of thiophene rings is 5. The van der Waals surface area contributed by atoms with Gasteiger partial charge in [0.25, 0.3) is 0 Å². The third-order valence-electron chi connectivity index (χ3n) is 9.70. The van der Waals surface area contributed by atoms with Crippen LogP contribution < -0.4 is 0 Å². The summed E-state index contributed by atoms with van der Waals surface area (Å²) in [4.78, 5) is 5.53. The highest BCUT2D eigenvalue weighted by Gasteiger charge is 2.07. The van der Waals surface area contributed by atoms with E-state index in [4.69, 9.17) is 22.1 Å². The Kier molecular flexibility index (Phi) is 40.5. The standard InChI is InChI=1S/C14H18OS.C13H16OS.C9H8OS2.C9H8OS.C8H6OS.5C2H6/c1-2-3-4-5-7-13-10-12(11-16-13)14-8-6-9-15-14;1-2-3-4-6-12-9-11(10-15-12)13-7-5-8-14-13;11-5-8-4-7(6-12-8)9-2-1-3-10-9;1-7-5-8(6-11-7)9-3-2-4-10-9;1-2-8(9-4-1)7-3-5-10-6-7;5*1-2/h6,8-11H,2-5,7H2,1H3;5,7-10H,2-4,6H2,1H3;1-4,6,11H,5H2;2-6H,1H3;1-6H;5*1-2H3. The molecule has 10 rings (SSSR count). The molecule has 0 aliphatic rings. The average Bonchev–Trinajstić information content (AvgIpc) is 4.30. The van der Waals surface area contributed by atoms with Crippen LogP contribution in [0.2, 0.25) is 0 Å². The van der Waals surface area contributed by atoms with Crippen molar-refractivity contribution in [2.75, 3.05) is 0 Å². The van der Waals surface area contributed by atoms with E-state index in [-0.39, 0.29) is 0 Å². The normalized spacial score (nSPS) is 9.49. The molecule has 0 radical (unpaired) electrons. The Morgan fingerprint density at radius 3 is 1.03 bits per heavy atom. The van der Waals surface area contributed by atoms with E-state index in [1.807, 2.05) is 164 Å². The summed E-state index contributed by atoms with van der Waals surface area (Å²) < 4.78 is 26.4. The van der Waals surface area contributed by atoms with Gasteiger partial charge < -0.3 is 22.1 Å². The predicted octanol–water partition coefficient (Wildman–Crippen LogP) is 24.8. The Labute approximate surface area is 472 Å². The molecule has 10 aromatic rings. The summed E-state index contributed by atoms with van der Waals surface area (Å²) in [6.07, 6.45) is 20.2. The number of furan rings is 5. The molecule has 0 atom stereocenters. The molecule has 10 aromatic heterocycles. The molecule has 0 spiro atoms. The van der Waals surface area contributed by atoms with Crippen molar-refractivity contribution >= 4 is 69.3 Å². The molecule has 0 aromatic carbocycles. The maximum Gasteiger partial charge on any atom is 0.134 e. The molecule has 5 nitrogen and oxygen atoms in total. The number of thiol groups is 1. The molecule has 10 heterocycles. The minimum atomic E-state index is 0.797.